The monoisotopic (exact) mass is 554 g/mol. The predicted molar refractivity (Wildman–Crippen MR) is 133 cm³/mol. The highest BCUT2D eigenvalue weighted by atomic mass is 79.9. The van der Waals surface area contributed by atoms with Crippen LogP contribution in [0.3, 0.4) is 0 Å². The number of halogens is 2. The molecule has 0 aliphatic carbocycles. The number of anilines is 1. The van der Waals surface area contributed by atoms with Crippen LogP contribution in [0.4, 0.5) is 5.69 Å². The van der Waals surface area contributed by atoms with Gasteiger partial charge in [-0.25, -0.2) is 0 Å². The van der Waals surface area contributed by atoms with Crippen LogP contribution in [-0.4, -0.2) is 13.0 Å². The highest BCUT2D eigenvalue weighted by Gasteiger charge is 2.14. The summed E-state index contributed by atoms with van der Waals surface area (Å²) in [4.78, 5) is 12.5. The molecule has 0 aliphatic rings. The molecule has 1 N–H and O–H groups in total. The molecule has 0 saturated carbocycles. The van der Waals surface area contributed by atoms with Crippen LogP contribution in [0, 0.1) is 18.3 Å². The molecule has 0 atom stereocenters. The van der Waals surface area contributed by atoms with Gasteiger partial charge in [0, 0.05) is 10.2 Å². The van der Waals surface area contributed by atoms with E-state index in [4.69, 9.17) is 9.47 Å². The van der Waals surface area contributed by atoms with Crippen LogP contribution >= 0.6 is 31.9 Å². The maximum Gasteiger partial charge on any atom is 0.266 e. The molecule has 0 spiro atoms. The van der Waals surface area contributed by atoms with Crippen LogP contribution in [0.2, 0.25) is 0 Å². The third-order valence-electron chi connectivity index (χ3n) is 4.53. The minimum Gasteiger partial charge on any atom is -0.493 e. The van der Waals surface area contributed by atoms with Gasteiger partial charge in [0.25, 0.3) is 5.91 Å². The van der Waals surface area contributed by atoms with E-state index in [-0.39, 0.29) is 5.57 Å². The zero-order valence-electron chi connectivity index (χ0n) is 17.5. The molecule has 0 heterocycles. The Morgan fingerprint density at radius 3 is 2.41 bits per heavy atom. The normalized spacial score (nSPS) is 10.9. The number of rotatable bonds is 7. The molecular formula is C25H20Br2N2O3. The number of aryl methyl sites for hydroxylation is 1. The van der Waals surface area contributed by atoms with E-state index < -0.39 is 5.91 Å². The van der Waals surface area contributed by atoms with Crippen molar-refractivity contribution >= 4 is 49.5 Å². The van der Waals surface area contributed by atoms with Gasteiger partial charge in [0.2, 0.25) is 0 Å². The number of nitrogens with zero attached hydrogens (tertiary/aromatic N) is 1. The fourth-order valence-corrected chi connectivity index (χ4v) is 3.69. The third kappa shape index (κ3) is 6.22. The van der Waals surface area contributed by atoms with Crippen molar-refractivity contribution in [3.63, 3.8) is 0 Å². The number of hydrogen-bond acceptors (Lipinski definition) is 4. The zero-order chi connectivity index (χ0) is 23.1. The SMILES string of the molecule is COc1cc(/C=C(/C#N)C(=O)Nc2ccc(C)cc2)cc(Br)c1OCc1ccc(Br)cc1. The first-order valence-electron chi connectivity index (χ1n) is 9.64. The van der Waals surface area contributed by atoms with Gasteiger partial charge in [-0.3, -0.25) is 4.79 Å². The quantitative estimate of drug-likeness (QED) is 0.261. The van der Waals surface area contributed by atoms with Crippen molar-refractivity contribution in [2.75, 3.05) is 12.4 Å². The molecule has 0 saturated heterocycles. The zero-order valence-corrected chi connectivity index (χ0v) is 20.7. The molecule has 5 nitrogen and oxygen atoms in total. The van der Waals surface area contributed by atoms with E-state index in [0.29, 0.717) is 33.8 Å². The Labute approximate surface area is 203 Å². The first kappa shape index (κ1) is 23.6. The molecule has 0 radical (unpaired) electrons. The van der Waals surface area contributed by atoms with Crippen molar-refractivity contribution in [1.29, 1.82) is 5.26 Å². The van der Waals surface area contributed by atoms with Crippen molar-refractivity contribution in [3.8, 4) is 17.6 Å². The van der Waals surface area contributed by atoms with Crippen molar-refractivity contribution in [3.05, 3.63) is 91.9 Å². The summed E-state index contributed by atoms with van der Waals surface area (Å²) in [5.74, 6) is 0.538. The van der Waals surface area contributed by atoms with Gasteiger partial charge >= 0.3 is 0 Å². The van der Waals surface area contributed by atoms with Crippen LogP contribution in [0.5, 0.6) is 11.5 Å². The Morgan fingerprint density at radius 1 is 1.09 bits per heavy atom. The van der Waals surface area contributed by atoms with E-state index >= 15 is 0 Å². The molecule has 1 amide bonds. The second kappa shape index (κ2) is 11.0. The molecular weight excluding hydrogens is 536 g/mol. The number of methoxy groups -OCH3 is 1. The highest BCUT2D eigenvalue weighted by molar-refractivity contribution is 9.10. The van der Waals surface area contributed by atoms with E-state index in [1.165, 1.54) is 13.2 Å². The Hall–Kier alpha value is -3.08. The van der Waals surface area contributed by atoms with Crippen molar-refractivity contribution in [2.24, 2.45) is 0 Å². The minimum atomic E-state index is -0.484. The number of amides is 1. The lowest BCUT2D eigenvalue weighted by Gasteiger charge is -2.14. The molecule has 0 fully saturated rings. The summed E-state index contributed by atoms with van der Waals surface area (Å²) in [5.41, 5.74) is 3.31. The summed E-state index contributed by atoms with van der Waals surface area (Å²) in [6, 6.07) is 20.6. The molecule has 32 heavy (non-hydrogen) atoms. The first-order chi connectivity index (χ1) is 15.4. The number of nitriles is 1. The van der Waals surface area contributed by atoms with E-state index in [9.17, 15) is 10.1 Å². The minimum absolute atomic E-state index is 0.0249. The molecule has 0 aromatic heterocycles. The predicted octanol–water partition coefficient (Wildman–Crippen LogP) is 6.65. The highest BCUT2D eigenvalue weighted by Crippen LogP contribution is 2.38. The number of benzene rings is 3. The first-order valence-corrected chi connectivity index (χ1v) is 11.2. The van der Waals surface area contributed by atoms with Crippen LogP contribution in [0.25, 0.3) is 6.08 Å². The molecule has 0 bridgehead atoms. The van der Waals surface area contributed by atoms with E-state index in [0.717, 1.165) is 15.6 Å². The topological polar surface area (TPSA) is 71.3 Å². The molecule has 3 aromatic carbocycles. The van der Waals surface area contributed by atoms with Crippen molar-refractivity contribution < 1.29 is 14.3 Å². The average Bonchev–Trinajstić information content (AvgIpc) is 2.79. The van der Waals surface area contributed by atoms with Gasteiger partial charge in [0.05, 0.1) is 11.6 Å². The fraction of sp³-hybridized carbons (Fsp3) is 0.120. The molecule has 0 unspecified atom stereocenters. The summed E-state index contributed by atoms with van der Waals surface area (Å²) < 4.78 is 13.1. The maximum absolute atomic E-state index is 12.5. The van der Waals surface area contributed by atoms with Crippen molar-refractivity contribution in [1.82, 2.24) is 0 Å². The van der Waals surface area contributed by atoms with Gasteiger partial charge in [-0.05, 0) is 76.5 Å². The Kier molecular flexibility index (Phi) is 8.09. The average molecular weight is 556 g/mol. The number of nitrogens with one attached hydrogen (secondary N) is 1. The Bertz CT molecular complexity index is 1180. The lowest BCUT2D eigenvalue weighted by atomic mass is 10.1. The summed E-state index contributed by atoms with van der Waals surface area (Å²) in [7, 11) is 1.54. The number of carbonyl (C=O) groups excluding carboxylic acids is 1. The van der Waals surface area contributed by atoms with Crippen LogP contribution < -0.4 is 14.8 Å². The summed E-state index contributed by atoms with van der Waals surface area (Å²) in [5, 5.41) is 12.2. The molecule has 162 valence electrons. The van der Waals surface area contributed by atoms with Gasteiger partial charge in [0.15, 0.2) is 11.5 Å². The molecule has 7 heteroatoms. The summed E-state index contributed by atoms with van der Waals surface area (Å²) >= 11 is 6.92. The van der Waals surface area contributed by atoms with Crippen LogP contribution in [-0.2, 0) is 11.4 Å². The lowest BCUT2D eigenvalue weighted by Crippen LogP contribution is -2.13. The maximum atomic E-state index is 12.5. The number of carbonyl (C=O) groups is 1. The van der Waals surface area contributed by atoms with Crippen LogP contribution in [0.1, 0.15) is 16.7 Å². The lowest BCUT2D eigenvalue weighted by molar-refractivity contribution is -0.112. The molecule has 3 aromatic rings. The van der Waals surface area contributed by atoms with E-state index in [1.54, 1.807) is 24.3 Å². The van der Waals surface area contributed by atoms with Gasteiger partial charge in [-0.1, -0.05) is 45.8 Å². The fourth-order valence-electron chi connectivity index (χ4n) is 2.85. The van der Waals surface area contributed by atoms with E-state index in [2.05, 4.69) is 37.2 Å². The van der Waals surface area contributed by atoms with Gasteiger partial charge < -0.3 is 14.8 Å². The second-order valence-corrected chi connectivity index (χ2v) is 8.71. The standard InChI is InChI=1S/C25H20Br2N2O3/c1-16-3-9-21(10-4-16)29-25(30)19(14-28)11-18-12-22(27)24(23(13-18)31-2)32-15-17-5-7-20(26)8-6-17/h3-13H,15H2,1-2H3,(H,29,30)/b19-11-. The summed E-state index contributed by atoms with van der Waals surface area (Å²) in [6.45, 7) is 2.32. The second-order valence-electron chi connectivity index (χ2n) is 6.94. The smallest absolute Gasteiger partial charge is 0.266 e. The van der Waals surface area contributed by atoms with E-state index in [1.807, 2.05) is 49.4 Å². The Morgan fingerprint density at radius 2 is 1.78 bits per heavy atom. The van der Waals surface area contributed by atoms with Crippen LogP contribution in [0.15, 0.2) is 75.2 Å². The Balaban J connectivity index is 1.80. The molecule has 3 rings (SSSR count). The van der Waals surface area contributed by atoms with Crippen molar-refractivity contribution in [2.45, 2.75) is 13.5 Å². The van der Waals surface area contributed by atoms with Gasteiger partial charge in [0.1, 0.15) is 18.2 Å². The number of ether oxygens (including phenoxy) is 2. The molecule has 0 aliphatic heterocycles. The largest absolute Gasteiger partial charge is 0.493 e. The number of hydrogen-bond donors (Lipinski definition) is 1. The summed E-state index contributed by atoms with van der Waals surface area (Å²) in [6.07, 6.45) is 1.51. The third-order valence-corrected chi connectivity index (χ3v) is 5.65. The van der Waals surface area contributed by atoms with Gasteiger partial charge in [-0.15, -0.1) is 0 Å². The van der Waals surface area contributed by atoms with Gasteiger partial charge in [-0.2, -0.15) is 5.26 Å².